The van der Waals surface area contributed by atoms with E-state index in [1.165, 1.54) is 7.11 Å². The number of benzene rings is 1. The SMILES string of the molecule is COC(=O)CCNC(=O)CCC(N)c1ccccc1. The van der Waals surface area contributed by atoms with Crippen LogP contribution in [0.5, 0.6) is 0 Å². The highest BCUT2D eigenvalue weighted by molar-refractivity contribution is 5.77. The van der Waals surface area contributed by atoms with E-state index in [2.05, 4.69) is 10.1 Å². The predicted octanol–water partition coefficient (Wildman–Crippen LogP) is 1.15. The summed E-state index contributed by atoms with van der Waals surface area (Å²) in [6.45, 7) is 0.298. The van der Waals surface area contributed by atoms with Gasteiger partial charge in [-0.15, -0.1) is 0 Å². The lowest BCUT2D eigenvalue weighted by Gasteiger charge is -2.11. The maximum Gasteiger partial charge on any atom is 0.307 e. The summed E-state index contributed by atoms with van der Waals surface area (Å²) in [5, 5.41) is 2.66. The van der Waals surface area contributed by atoms with Gasteiger partial charge in [-0.05, 0) is 12.0 Å². The van der Waals surface area contributed by atoms with Crippen molar-refractivity contribution in [2.45, 2.75) is 25.3 Å². The summed E-state index contributed by atoms with van der Waals surface area (Å²) in [6, 6.07) is 9.51. The quantitative estimate of drug-likeness (QED) is 0.724. The summed E-state index contributed by atoms with van der Waals surface area (Å²) >= 11 is 0. The van der Waals surface area contributed by atoms with Crippen LogP contribution in [0.25, 0.3) is 0 Å². The van der Waals surface area contributed by atoms with Gasteiger partial charge in [-0.3, -0.25) is 9.59 Å². The third-order valence-corrected chi connectivity index (χ3v) is 2.79. The highest BCUT2D eigenvalue weighted by atomic mass is 16.5. The van der Waals surface area contributed by atoms with Crippen molar-refractivity contribution in [2.75, 3.05) is 13.7 Å². The Balaban J connectivity index is 2.21. The molecule has 0 saturated carbocycles. The van der Waals surface area contributed by atoms with Crippen molar-refractivity contribution < 1.29 is 14.3 Å². The molecule has 1 unspecified atom stereocenters. The predicted molar refractivity (Wildman–Crippen MR) is 72.2 cm³/mol. The molecule has 1 aromatic carbocycles. The molecule has 0 aliphatic carbocycles. The average Bonchev–Trinajstić information content (AvgIpc) is 2.45. The normalized spacial score (nSPS) is 11.7. The van der Waals surface area contributed by atoms with Crippen LogP contribution in [0.4, 0.5) is 0 Å². The lowest BCUT2D eigenvalue weighted by Crippen LogP contribution is -2.27. The van der Waals surface area contributed by atoms with Gasteiger partial charge in [0.15, 0.2) is 0 Å². The van der Waals surface area contributed by atoms with Crippen molar-refractivity contribution in [3.63, 3.8) is 0 Å². The van der Waals surface area contributed by atoms with Gasteiger partial charge in [-0.2, -0.15) is 0 Å². The van der Waals surface area contributed by atoms with Gasteiger partial charge < -0.3 is 15.8 Å². The zero-order valence-corrected chi connectivity index (χ0v) is 11.1. The first kappa shape index (κ1) is 15.2. The van der Waals surface area contributed by atoms with Crippen LogP contribution in [0.2, 0.25) is 0 Å². The Bertz CT molecular complexity index is 406. The van der Waals surface area contributed by atoms with Crippen molar-refractivity contribution in [3.8, 4) is 0 Å². The first-order valence-corrected chi connectivity index (χ1v) is 6.27. The fourth-order valence-corrected chi connectivity index (χ4v) is 1.65. The molecule has 5 heteroatoms. The van der Waals surface area contributed by atoms with Crippen LogP contribution >= 0.6 is 0 Å². The molecule has 5 nitrogen and oxygen atoms in total. The number of hydrogen-bond donors (Lipinski definition) is 2. The molecule has 19 heavy (non-hydrogen) atoms. The summed E-state index contributed by atoms with van der Waals surface area (Å²) in [6.07, 6.45) is 1.11. The molecule has 0 spiro atoms. The molecular weight excluding hydrogens is 244 g/mol. The molecule has 1 aromatic rings. The van der Waals surface area contributed by atoms with Gasteiger partial charge >= 0.3 is 5.97 Å². The van der Waals surface area contributed by atoms with E-state index in [4.69, 9.17) is 5.73 Å². The topological polar surface area (TPSA) is 81.4 Å². The maximum atomic E-state index is 11.5. The van der Waals surface area contributed by atoms with Gasteiger partial charge in [-0.25, -0.2) is 0 Å². The minimum Gasteiger partial charge on any atom is -0.469 e. The van der Waals surface area contributed by atoms with Crippen molar-refractivity contribution in [1.82, 2.24) is 5.32 Å². The maximum absolute atomic E-state index is 11.5. The molecule has 0 radical (unpaired) electrons. The smallest absolute Gasteiger partial charge is 0.307 e. The second-order valence-corrected chi connectivity index (χ2v) is 4.23. The van der Waals surface area contributed by atoms with Gasteiger partial charge in [0, 0.05) is 19.0 Å². The third-order valence-electron chi connectivity index (χ3n) is 2.79. The summed E-state index contributed by atoms with van der Waals surface area (Å²) < 4.78 is 4.48. The number of esters is 1. The molecule has 0 aliphatic rings. The van der Waals surface area contributed by atoms with E-state index in [1.807, 2.05) is 30.3 Å². The summed E-state index contributed by atoms with van der Waals surface area (Å²) in [5.74, 6) is -0.434. The van der Waals surface area contributed by atoms with E-state index in [0.717, 1.165) is 5.56 Å². The van der Waals surface area contributed by atoms with Gasteiger partial charge in [0.05, 0.1) is 13.5 Å². The van der Waals surface area contributed by atoms with E-state index in [9.17, 15) is 9.59 Å². The molecule has 0 fully saturated rings. The molecule has 3 N–H and O–H groups in total. The van der Waals surface area contributed by atoms with E-state index >= 15 is 0 Å². The van der Waals surface area contributed by atoms with Crippen molar-refractivity contribution in [1.29, 1.82) is 0 Å². The van der Waals surface area contributed by atoms with E-state index in [0.29, 0.717) is 19.4 Å². The standard InChI is InChI=1S/C14H20N2O3/c1-19-14(18)9-10-16-13(17)8-7-12(15)11-5-3-2-4-6-11/h2-6,12H,7-10,15H2,1H3,(H,16,17). The molecule has 1 amide bonds. The fraction of sp³-hybridized carbons (Fsp3) is 0.429. The number of methoxy groups -OCH3 is 1. The highest BCUT2D eigenvalue weighted by Gasteiger charge is 2.09. The average molecular weight is 264 g/mol. The molecule has 1 rings (SSSR count). The van der Waals surface area contributed by atoms with Crippen molar-refractivity contribution in [2.24, 2.45) is 5.73 Å². The van der Waals surface area contributed by atoms with Crippen LogP contribution in [0.15, 0.2) is 30.3 Å². The molecule has 104 valence electrons. The minimum atomic E-state index is -0.332. The van der Waals surface area contributed by atoms with Gasteiger partial charge in [0.2, 0.25) is 5.91 Å². The zero-order valence-electron chi connectivity index (χ0n) is 11.1. The fourth-order valence-electron chi connectivity index (χ4n) is 1.65. The second-order valence-electron chi connectivity index (χ2n) is 4.23. The minimum absolute atomic E-state index is 0.102. The number of carbonyl (C=O) groups is 2. The van der Waals surface area contributed by atoms with Crippen LogP contribution in [0.3, 0.4) is 0 Å². The molecule has 0 aromatic heterocycles. The van der Waals surface area contributed by atoms with Crippen LogP contribution in [0.1, 0.15) is 30.9 Å². The Morgan fingerprint density at radius 1 is 1.26 bits per heavy atom. The largest absolute Gasteiger partial charge is 0.469 e. The summed E-state index contributed by atoms with van der Waals surface area (Å²) in [4.78, 5) is 22.4. The van der Waals surface area contributed by atoms with E-state index < -0.39 is 0 Å². The Hall–Kier alpha value is -1.88. The van der Waals surface area contributed by atoms with Crippen molar-refractivity contribution >= 4 is 11.9 Å². The van der Waals surface area contributed by atoms with Gasteiger partial charge in [0.1, 0.15) is 0 Å². The third kappa shape index (κ3) is 6.01. The number of amides is 1. The number of ether oxygens (including phenoxy) is 1. The molecule has 0 saturated heterocycles. The Morgan fingerprint density at radius 3 is 2.58 bits per heavy atom. The number of nitrogens with one attached hydrogen (secondary N) is 1. The molecular formula is C14H20N2O3. The first-order chi connectivity index (χ1) is 9.13. The number of rotatable bonds is 7. The van der Waals surface area contributed by atoms with Crippen molar-refractivity contribution in [3.05, 3.63) is 35.9 Å². The lowest BCUT2D eigenvalue weighted by molar-refractivity contribution is -0.140. The first-order valence-electron chi connectivity index (χ1n) is 6.27. The summed E-state index contributed by atoms with van der Waals surface area (Å²) in [7, 11) is 1.32. The van der Waals surface area contributed by atoms with Crippen LogP contribution in [-0.2, 0) is 14.3 Å². The van der Waals surface area contributed by atoms with Crippen LogP contribution in [-0.4, -0.2) is 25.5 Å². The molecule has 0 heterocycles. The number of hydrogen-bond acceptors (Lipinski definition) is 4. The van der Waals surface area contributed by atoms with Crippen LogP contribution in [0, 0.1) is 0 Å². The Labute approximate surface area is 113 Å². The summed E-state index contributed by atoms with van der Waals surface area (Å²) in [5.41, 5.74) is 7.01. The van der Waals surface area contributed by atoms with Crippen LogP contribution < -0.4 is 11.1 Å². The number of nitrogens with two attached hydrogens (primary N) is 1. The molecule has 0 aliphatic heterocycles. The Kier molecular flexibility index (Phi) is 6.60. The molecule has 1 atom stereocenters. The lowest BCUT2D eigenvalue weighted by atomic mass is 10.0. The monoisotopic (exact) mass is 264 g/mol. The number of carbonyl (C=O) groups excluding carboxylic acids is 2. The zero-order chi connectivity index (χ0) is 14.1. The van der Waals surface area contributed by atoms with Gasteiger partial charge in [0.25, 0.3) is 0 Å². The molecule has 0 bridgehead atoms. The van der Waals surface area contributed by atoms with E-state index in [-0.39, 0.29) is 24.3 Å². The van der Waals surface area contributed by atoms with Gasteiger partial charge in [-0.1, -0.05) is 30.3 Å². The second kappa shape index (κ2) is 8.26. The van der Waals surface area contributed by atoms with E-state index in [1.54, 1.807) is 0 Å². The highest BCUT2D eigenvalue weighted by Crippen LogP contribution is 2.14. The Morgan fingerprint density at radius 2 is 1.95 bits per heavy atom.